The molecule has 0 aromatic heterocycles. The van der Waals surface area contributed by atoms with Crippen molar-refractivity contribution in [2.45, 2.75) is 18.7 Å². The minimum Gasteiger partial charge on any atom is -0.482 e. The molecule has 0 spiro atoms. The zero-order valence-electron chi connectivity index (χ0n) is 13.7. The van der Waals surface area contributed by atoms with E-state index in [1.54, 1.807) is 0 Å². The van der Waals surface area contributed by atoms with Gasteiger partial charge < -0.3 is 9.84 Å². The summed E-state index contributed by atoms with van der Waals surface area (Å²) in [7, 11) is -2.21. The summed E-state index contributed by atoms with van der Waals surface area (Å²) >= 11 is 0. The van der Waals surface area contributed by atoms with Gasteiger partial charge in [0.15, 0.2) is 6.61 Å². The standard InChI is InChI=1S/C17H19NO5S/c1-12-4-5-13(2)16(10-12)18(3)24(21,22)15-8-6-14(7-9-15)23-11-17(19)20/h4-10H,11H2,1-3H3,(H,19,20). The number of carboxylic acid groups (broad SMARTS) is 1. The van der Waals surface area contributed by atoms with Crippen molar-refractivity contribution >= 4 is 21.7 Å². The molecule has 1 N–H and O–H groups in total. The molecule has 2 aromatic carbocycles. The molecule has 0 radical (unpaired) electrons. The van der Waals surface area contributed by atoms with Crippen LogP contribution in [-0.2, 0) is 14.8 Å². The van der Waals surface area contributed by atoms with Crippen LogP contribution in [0.25, 0.3) is 0 Å². The molecular formula is C17H19NO5S. The second kappa shape index (κ2) is 6.92. The molecule has 0 heterocycles. The molecular weight excluding hydrogens is 330 g/mol. The fourth-order valence-electron chi connectivity index (χ4n) is 2.20. The lowest BCUT2D eigenvalue weighted by Crippen LogP contribution is -2.27. The van der Waals surface area contributed by atoms with Crippen molar-refractivity contribution in [1.82, 2.24) is 0 Å². The van der Waals surface area contributed by atoms with Crippen LogP contribution in [0.2, 0.25) is 0 Å². The summed E-state index contributed by atoms with van der Waals surface area (Å²) in [6, 6.07) is 11.3. The maximum absolute atomic E-state index is 12.8. The first-order valence-electron chi connectivity index (χ1n) is 7.22. The van der Waals surface area contributed by atoms with Crippen molar-refractivity contribution < 1.29 is 23.1 Å². The molecule has 0 unspecified atom stereocenters. The monoisotopic (exact) mass is 349 g/mol. The number of aryl methyl sites for hydroxylation is 2. The van der Waals surface area contributed by atoms with Gasteiger partial charge in [0.25, 0.3) is 10.0 Å². The summed E-state index contributed by atoms with van der Waals surface area (Å²) in [5.74, 6) is -0.799. The number of aliphatic carboxylic acids is 1. The van der Waals surface area contributed by atoms with E-state index in [-0.39, 0.29) is 4.90 Å². The Hall–Kier alpha value is -2.54. The second-order valence-corrected chi connectivity index (χ2v) is 7.39. The molecule has 2 aromatic rings. The molecule has 0 atom stereocenters. The molecule has 0 aliphatic heterocycles. The Labute approximate surface area is 141 Å². The lowest BCUT2D eigenvalue weighted by Gasteiger charge is -2.22. The Morgan fingerprint density at radius 2 is 1.75 bits per heavy atom. The minimum absolute atomic E-state index is 0.105. The predicted octanol–water partition coefficient (Wildman–Crippen LogP) is 2.59. The quantitative estimate of drug-likeness (QED) is 0.866. The third-order valence-corrected chi connectivity index (χ3v) is 5.33. The van der Waals surface area contributed by atoms with Gasteiger partial charge in [-0.25, -0.2) is 13.2 Å². The molecule has 0 aliphatic carbocycles. The van der Waals surface area contributed by atoms with Crippen LogP contribution in [0.5, 0.6) is 5.75 Å². The molecule has 0 saturated carbocycles. The first-order valence-corrected chi connectivity index (χ1v) is 8.66. The van der Waals surface area contributed by atoms with Gasteiger partial charge in [0, 0.05) is 7.05 Å². The Balaban J connectivity index is 2.29. The Morgan fingerprint density at radius 1 is 1.12 bits per heavy atom. The Bertz CT molecular complexity index is 844. The maximum Gasteiger partial charge on any atom is 0.341 e. The van der Waals surface area contributed by atoms with Crippen molar-refractivity contribution in [3.8, 4) is 5.75 Å². The smallest absolute Gasteiger partial charge is 0.341 e. The maximum atomic E-state index is 12.8. The van der Waals surface area contributed by atoms with Gasteiger partial charge in [-0.15, -0.1) is 0 Å². The van der Waals surface area contributed by atoms with Crippen molar-refractivity contribution in [2.24, 2.45) is 0 Å². The predicted molar refractivity (Wildman–Crippen MR) is 91.1 cm³/mol. The average Bonchev–Trinajstić information content (AvgIpc) is 2.54. The van der Waals surface area contributed by atoms with Gasteiger partial charge in [-0.1, -0.05) is 12.1 Å². The number of nitrogens with zero attached hydrogens (tertiary/aromatic N) is 1. The zero-order valence-corrected chi connectivity index (χ0v) is 14.5. The van der Waals surface area contributed by atoms with E-state index in [4.69, 9.17) is 9.84 Å². The molecule has 0 fully saturated rings. The van der Waals surface area contributed by atoms with Crippen molar-refractivity contribution in [2.75, 3.05) is 18.0 Å². The molecule has 6 nitrogen and oxygen atoms in total. The van der Waals surface area contributed by atoms with E-state index in [0.717, 1.165) is 11.1 Å². The highest BCUT2D eigenvalue weighted by atomic mass is 32.2. The molecule has 0 aliphatic rings. The average molecular weight is 349 g/mol. The number of anilines is 1. The highest BCUT2D eigenvalue weighted by molar-refractivity contribution is 7.92. The number of benzene rings is 2. The molecule has 2 rings (SSSR count). The summed E-state index contributed by atoms with van der Waals surface area (Å²) in [6.07, 6.45) is 0. The first kappa shape index (κ1) is 17.8. The highest BCUT2D eigenvalue weighted by Crippen LogP contribution is 2.27. The lowest BCUT2D eigenvalue weighted by atomic mass is 10.1. The normalized spacial score (nSPS) is 11.1. The largest absolute Gasteiger partial charge is 0.482 e. The summed E-state index contributed by atoms with van der Waals surface area (Å²) in [5, 5.41) is 8.58. The minimum atomic E-state index is -3.72. The number of sulfonamides is 1. The van der Waals surface area contributed by atoms with Gasteiger partial charge in [0.1, 0.15) is 5.75 Å². The van der Waals surface area contributed by atoms with Crippen molar-refractivity contribution in [3.05, 3.63) is 53.6 Å². The molecule has 0 amide bonds. The van der Waals surface area contributed by atoms with Crippen LogP contribution in [0.1, 0.15) is 11.1 Å². The van der Waals surface area contributed by atoms with Gasteiger partial charge in [0.05, 0.1) is 10.6 Å². The topological polar surface area (TPSA) is 83.9 Å². The third-order valence-electron chi connectivity index (χ3n) is 3.55. The van der Waals surface area contributed by atoms with E-state index >= 15 is 0 Å². The fraction of sp³-hybridized carbons (Fsp3) is 0.235. The molecule has 128 valence electrons. The Morgan fingerprint density at radius 3 is 2.33 bits per heavy atom. The number of hydrogen-bond acceptors (Lipinski definition) is 4. The van der Waals surface area contributed by atoms with E-state index in [0.29, 0.717) is 11.4 Å². The second-order valence-electron chi connectivity index (χ2n) is 5.42. The van der Waals surface area contributed by atoms with Crippen LogP contribution in [0.3, 0.4) is 0 Å². The summed E-state index contributed by atoms with van der Waals surface area (Å²) in [6.45, 7) is 3.27. The lowest BCUT2D eigenvalue weighted by molar-refractivity contribution is -0.139. The van der Waals surface area contributed by atoms with Crippen molar-refractivity contribution in [1.29, 1.82) is 0 Å². The van der Waals surface area contributed by atoms with Crippen LogP contribution in [0.15, 0.2) is 47.4 Å². The summed E-state index contributed by atoms with van der Waals surface area (Å²) in [5.41, 5.74) is 2.43. The first-order chi connectivity index (χ1) is 11.2. The number of ether oxygens (including phenoxy) is 1. The third kappa shape index (κ3) is 3.86. The molecule has 24 heavy (non-hydrogen) atoms. The number of hydrogen-bond donors (Lipinski definition) is 1. The van der Waals surface area contributed by atoms with Crippen LogP contribution in [0.4, 0.5) is 5.69 Å². The van der Waals surface area contributed by atoms with Gasteiger partial charge in [-0.2, -0.15) is 0 Å². The van der Waals surface area contributed by atoms with E-state index in [1.165, 1.54) is 35.6 Å². The van der Waals surface area contributed by atoms with E-state index in [9.17, 15) is 13.2 Å². The van der Waals surface area contributed by atoms with Crippen LogP contribution in [-0.4, -0.2) is 33.1 Å². The number of rotatable bonds is 6. The number of carbonyl (C=O) groups is 1. The van der Waals surface area contributed by atoms with Gasteiger partial charge in [-0.3, -0.25) is 4.31 Å². The van der Waals surface area contributed by atoms with Crippen LogP contribution < -0.4 is 9.04 Å². The SMILES string of the molecule is Cc1ccc(C)c(N(C)S(=O)(=O)c2ccc(OCC(=O)O)cc2)c1. The summed E-state index contributed by atoms with van der Waals surface area (Å²) < 4.78 is 31.8. The molecule has 0 bridgehead atoms. The van der Waals surface area contributed by atoms with E-state index in [2.05, 4.69) is 0 Å². The molecule has 0 saturated heterocycles. The highest BCUT2D eigenvalue weighted by Gasteiger charge is 2.22. The fourth-order valence-corrected chi connectivity index (χ4v) is 3.45. The van der Waals surface area contributed by atoms with Crippen LogP contribution in [0, 0.1) is 13.8 Å². The van der Waals surface area contributed by atoms with Crippen LogP contribution >= 0.6 is 0 Å². The Kier molecular flexibility index (Phi) is 5.14. The zero-order chi connectivity index (χ0) is 17.9. The van der Waals surface area contributed by atoms with E-state index < -0.39 is 22.6 Å². The van der Waals surface area contributed by atoms with Gasteiger partial charge >= 0.3 is 5.97 Å². The number of carboxylic acids is 1. The molecule has 7 heteroatoms. The summed E-state index contributed by atoms with van der Waals surface area (Å²) in [4.78, 5) is 10.6. The van der Waals surface area contributed by atoms with Gasteiger partial charge in [-0.05, 0) is 55.3 Å². The van der Waals surface area contributed by atoms with E-state index in [1.807, 2.05) is 32.0 Å². The van der Waals surface area contributed by atoms with Gasteiger partial charge in [0.2, 0.25) is 0 Å². The van der Waals surface area contributed by atoms with Crippen molar-refractivity contribution in [3.63, 3.8) is 0 Å².